The molecular formula is C12H18F3N3O. The molecule has 2 rings (SSSR count). The summed E-state index contributed by atoms with van der Waals surface area (Å²) in [7, 11) is 0. The van der Waals surface area contributed by atoms with Crippen LogP contribution in [0.25, 0.3) is 0 Å². The summed E-state index contributed by atoms with van der Waals surface area (Å²) in [5.74, 6) is 0.190. The lowest BCUT2D eigenvalue weighted by Crippen LogP contribution is -2.32. The number of halogens is 3. The predicted octanol–water partition coefficient (Wildman–Crippen LogP) is 2.81. The average molecular weight is 277 g/mol. The molecule has 0 amide bonds. The summed E-state index contributed by atoms with van der Waals surface area (Å²) in [6, 6.07) is 0.499. The molecule has 1 N–H and O–H groups in total. The van der Waals surface area contributed by atoms with E-state index in [0.717, 1.165) is 32.2 Å². The van der Waals surface area contributed by atoms with Crippen molar-refractivity contribution in [1.82, 2.24) is 15.5 Å². The zero-order chi connectivity index (χ0) is 13.9. The lowest BCUT2D eigenvalue weighted by molar-refractivity contribution is -0.128. The Labute approximate surface area is 109 Å². The number of alkyl halides is 3. The SMILES string of the molecule is CCNC1CCC(c2nc(CC(F)(F)F)no2)CC1. The van der Waals surface area contributed by atoms with Crippen molar-refractivity contribution in [2.45, 2.75) is 57.2 Å². The van der Waals surface area contributed by atoms with Crippen molar-refractivity contribution in [2.75, 3.05) is 6.54 Å². The summed E-state index contributed by atoms with van der Waals surface area (Å²) in [5, 5.41) is 6.79. The molecule has 19 heavy (non-hydrogen) atoms. The van der Waals surface area contributed by atoms with Crippen molar-refractivity contribution in [3.8, 4) is 0 Å². The molecule has 1 heterocycles. The van der Waals surface area contributed by atoms with Crippen LogP contribution in [0, 0.1) is 0 Å². The van der Waals surface area contributed by atoms with Gasteiger partial charge in [-0.3, -0.25) is 0 Å². The van der Waals surface area contributed by atoms with Crippen LogP contribution in [0.5, 0.6) is 0 Å². The van der Waals surface area contributed by atoms with Crippen molar-refractivity contribution in [3.05, 3.63) is 11.7 Å². The Balaban J connectivity index is 1.90. The molecule has 0 bridgehead atoms. The molecule has 4 nitrogen and oxygen atoms in total. The Bertz CT molecular complexity index is 397. The maximum Gasteiger partial charge on any atom is 0.396 e. The molecule has 108 valence electrons. The fourth-order valence-corrected chi connectivity index (χ4v) is 2.52. The zero-order valence-corrected chi connectivity index (χ0v) is 10.8. The minimum atomic E-state index is -4.29. The molecule has 1 fully saturated rings. The van der Waals surface area contributed by atoms with Crippen LogP contribution in [0.4, 0.5) is 13.2 Å². The van der Waals surface area contributed by atoms with Crippen molar-refractivity contribution >= 4 is 0 Å². The molecule has 1 aliphatic carbocycles. The van der Waals surface area contributed by atoms with E-state index in [1.165, 1.54) is 0 Å². The first-order valence-corrected chi connectivity index (χ1v) is 6.60. The van der Waals surface area contributed by atoms with Crippen LogP contribution < -0.4 is 5.32 Å². The topological polar surface area (TPSA) is 51.0 Å². The highest BCUT2D eigenvalue weighted by atomic mass is 19.4. The van der Waals surface area contributed by atoms with Crippen LogP contribution in [-0.2, 0) is 6.42 Å². The minimum absolute atomic E-state index is 0.101. The number of hydrogen-bond donors (Lipinski definition) is 1. The molecule has 1 aliphatic rings. The Kier molecular flexibility index (Phi) is 4.44. The van der Waals surface area contributed by atoms with Gasteiger partial charge in [-0.05, 0) is 32.2 Å². The monoisotopic (exact) mass is 277 g/mol. The fraction of sp³-hybridized carbons (Fsp3) is 0.833. The Hall–Kier alpha value is -1.11. The molecule has 0 aliphatic heterocycles. The largest absolute Gasteiger partial charge is 0.396 e. The van der Waals surface area contributed by atoms with Gasteiger partial charge in [0.05, 0.1) is 0 Å². The van der Waals surface area contributed by atoms with Gasteiger partial charge in [0, 0.05) is 12.0 Å². The fourth-order valence-electron chi connectivity index (χ4n) is 2.52. The summed E-state index contributed by atoms with van der Waals surface area (Å²) < 4.78 is 41.6. The van der Waals surface area contributed by atoms with Gasteiger partial charge in [-0.15, -0.1) is 0 Å². The van der Waals surface area contributed by atoms with Gasteiger partial charge in [0.1, 0.15) is 6.42 Å². The van der Waals surface area contributed by atoms with Crippen LogP contribution in [0.3, 0.4) is 0 Å². The molecule has 0 aromatic carbocycles. The molecule has 0 unspecified atom stereocenters. The summed E-state index contributed by atoms with van der Waals surface area (Å²) in [5.41, 5.74) is 0. The van der Waals surface area contributed by atoms with Gasteiger partial charge >= 0.3 is 6.18 Å². The number of hydrogen-bond acceptors (Lipinski definition) is 4. The lowest BCUT2D eigenvalue weighted by atomic mass is 9.86. The van der Waals surface area contributed by atoms with E-state index in [-0.39, 0.29) is 11.7 Å². The summed E-state index contributed by atoms with van der Waals surface area (Å²) in [4.78, 5) is 3.87. The number of nitrogens with zero attached hydrogens (tertiary/aromatic N) is 2. The van der Waals surface area contributed by atoms with E-state index in [2.05, 4.69) is 22.4 Å². The van der Waals surface area contributed by atoms with Gasteiger partial charge in [0.15, 0.2) is 5.82 Å². The summed E-state index contributed by atoms with van der Waals surface area (Å²) >= 11 is 0. The van der Waals surface area contributed by atoms with E-state index in [0.29, 0.717) is 11.9 Å². The second-order valence-corrected chi connectivity index (χ2v) is 4.95. The van der Waals surface area contributed by atoms with Gasteiger partial charge in [-0.1, -0.05) is 12.1 Å². The second kappa shape index (κ2) is 5.90. The van der Waals surface area contributed by atoms with E-state index in [1.807, 2.05) is 0 Å². The maximum absolute atomic E-state index is 12.2. The highest BCUT2D eigenvalue weighted by molar-refractivity contribution is 4.98. The molecule has 0 spiro atoms. The van der Waals surface area contributed by atoms with Crippen LogP contribution in [-0.4, -0.2) is 28.9 Å². The van der Waals surface area contributed by atoms with Crippen LogP contribution in [0.15, 0.2) is 4.52 Å². The van der Waals surface area contributed by atoms with Gasteiger partial charge in [0.2, 0.25) is 5.89 Å². The van der Waals surface area contributed by atoms with Gasteiger partial charge in [0.25, 0.3) is 0 Å². The third-order valence-electron chi connectivity index (χ3n) is 3.41. The zero-order valence-electron chi connectivity index (χ0n) is 10.8. The lowest BCUT2D eigenvalue weighted by Gasteiger charge is -2.26. The van der Waals surface area contributed by atoms with E-state index in [1.54, 1.807) is 0 Å². The van der Waals surface area contributed by atoms with Crippen LogP contribution >= 0.6 is 0 Å². The third kappa shape index (κ3) is 4.19. The standard InChI is InChI=1S/C12H18F3N3O/c1-2-16-9-5-3-8(4-6-9)11-17-10(18-19-11)7-12(13,14)15/h8-9,16H,2-7H2,1H3. The minimum Gasteiger partial charge on any atom is -0.339 e. The van der Waals surface area contributed by atoms with Crippen molar-refractivity contribution in [3.63, 3.8) is 0 Å². The quantitative estimate of drug-likeness (QED) is 0.919. The molecule has 0 atom stereocenters. The Morgan fingerprint density at radius 1 is 1.26 bits per heavy atom. The van der Waals surface area contributed by atoms with Crippen molar-refractivity contribution in [1.29, 1.82) is 0 Å². The van der Waals surface area contributed by atoms with E-state index < -0.39 is 12.6 Å². The molecular weight excluding hydrogens is 259 g/mol. The first-order chi connectivity index (χ1) is 8.98. The molecule has 0 saturated heterocycles. The molecule has 1 saturated carbocycles. The highest BCUT2D eigenvalue weighted by Crippen LogP contribution is 2.32. The summed E-state index contributed by atoms with van der Waals surface area (Å²) in [6.07, 6.45) is -1.66. The molecule has 1 aromatic rings. The van der Waals surface area contributed by atoms with Crippen molar-refractivity contribution < 1.29 is 17.7 Å². The van der Waals surface area contributed by atoms with Gasteiger partial charge in [-0.25, -0.2) is 0 Å². The average Bonchev–Trinajstić information content (AvgIpc) is 2.76. The van der Waals surface area contributed by atoms with E-state index in [4.69, 9.17) is 4.52 Å². The van der Waals surface area contributed by atoms with E-state index >= 15 is 0 Å². The predicted molar refractivity (Wildman–Crippen MR) is 62.7 cm³/mol. The molecule has 1 aromatic heterocycles. The van der Waals surface area contributed by atoms with Crippen LogP contribution in [0.1, 0.15) is 50.2 Å². The Morgan fingerprint density at radius 3 is 2.53 bits per heavy atom. The normalized spacial score (nSPS) is 24.6. The third-order valence-corrected chi connectivity index (χ3v) is 3.41. The molecule has 7 heteroatoms. The number of nitrogens with one attached hydrogen (secondary N) is 1. The van der Waals surface area contributed by atoms with Crippen molar-refractivity contribution in [2.24, 2.45) is 0 Å². The number of aromatic nitrogens is 2. The first kappa shape index (κ1) is 14.3. The highest BCUT2D eigenvalue weighted by Gasteiger charge is 2.32. The maximum atomic E-state index is 12.2. The van der Waals surface area contributed by atoms with Crippen LogP contribution in [0.2, 0.25) is 0 Å². The van der Waals surface area contributed by atoms with Gasteiger partial charge < -0.3 is 9.84 Å². The Morgan fingerprint density at radius 2 is 1.95 bits per heavy atom. The van der Waals surface area contributed by atoms with E-state index in [9.17, 15) is 13.2 Å². The number of rotatable bonds is 4. The summed E-state index contributed by atoms with van der Waals surface area (Å²) in [6.45, 7) is 3.00. The first-order valence-electron chi connectivity index (χ1n) is 6.60. The van der Waals surface area contributed by atoms with Gasteiger partial charge in [-0.2, -0.15) is 18.2 Å². The second-order valence-electron chi connectivity index (χ2n) is 4.95. The molecule has 0 radical (unpaired) electrons. The smallest absolute Gasteiger partial charge is 0.339 e.